The molecule has 5 aromatic rings. The molecule has 1 amide bonds. The third-order valence-electron chi connectivity index (χ3n) is 5.64. The summed E-state index contributed by atoms with van der Waals surface area (Å²) < 4.78 is 1.51. The minimum absolute atomic E-state index is 0.186. The van der Waals surface area contributed by atoms with E-state index >= 15 is 0 Å². The van der Waals surface area contributed by atoms with Gasteiger partial charge >= 0.3 is 0 Å². The minimum atomic E-state index is -0.262. The molecule has 6 nitrogen and oxygen atoms in total. The minimum Gasteiger partial charge on any atom is -0.322 e. The lowest BCUT2D eigenvalue weighted by Crippen LogP contribution is -2.14. The molecule has 5 rings (SSSR count). The first-order valence-electron chi connectivity index (χ1n) is 10.1. The number of rotatable bonds is 3. The molecule has 0 radical (unpaired) electrons. The van der Waals surface area contributed by atoms with E-state index in [-0.39, 0.29) is 11.5 Å². The molecule has 0 aliphatic rings. The molecular formula is C25H19ClN4O2. The third kappa shape index (κ3) is 3.44. The van der Waals surface area contributed by atoms with Crippen LogP contribution in [0, 0.1) is 13.8 Å². The molecule has 32 heavy (non-hydrogen) atoms. The standard InChI is InChI=1S/C25H19ClN4O2/c1-14-3-9-19(11-15(14)2)30-25(32)21-13-27-22-10-4-16(12-20(22)23(21)29-30)24(31)28-18-7-5-17(26)6-8-18/h3-13,29H,1-2H3,(H,28,31). The number of hydrogen-bond acceptors (Lipinski definition) is 3. The number of H-pyrrole nitrogens is 1. The maximum atomic E-state index is 13.1. The largest absolute Gasteiger partial charge is 0.322 e. The monoisotopic (exact) mass is 442 g/mol. The first kappa shape index (κ1) is 20.0. The summed E-state index contributed by atoms with van der Waals surface area (Å²) in [5.41, 5.74) is 5.24. The SMILES string of the molecule is Cc1ccc(-n2[nH]c3c(cnc4ccc(C(=O)Nc5ccc(Cl)cc5)cc43)c2=O)cc1C. The quantitative estimate of drug-likeness (QED) is 0.393. The fraction of sp³-hybridized carbons (Fsp3) is 0.0800. The number of anilines is 1. The summed E-state index contributed by atoms with van der Waals surface area (Å²) in [6.07, 6.45) is 1.57. The molecule has 158 valence electrons. The first-order chi connectivity index (χ1) is 15.4. The summed E-state index contributed by atoms with van der Waals surface area (Å²) in [6, 6.07) is 18.0. The summed E-state index contributed by atoms with van der Waals surface area (Å²) in [5.74, 6) is -0.262. The van der Waals surface area contributed by atoms with Crippen LogP contribution < -0.4 is 10.9 Å². The van der Waals surface area contributed by atoms with Gasteiger partial charge in [-0.25, -0.2) is 4.68 Å². The van der Waals surface area contributed by atoms with Crippen LogP contribution >= 0.6 is 11.6 Å². The van der Waals surface area contributed by atoms with Gasteiger partial charge in [0.15, 0.2) is 0 Å². The maximum Gasteiger partial charge on any atom is 0.280 e. The number of aromatic nitrogens is 3. The van der Waals surface area contributed by atoms with Crippen molar-refractivity contribution in [3.8, 4) is 5.69 Å². The van der Waals surface area contributed by atoms with E-state index in [0.29, 0.717) is 38.1 Å². The zero-order valence-electron chi connectivity index (χ0n) is 17.4. The van der Waals surface area contributed by atoms with E-state index < -0.39 is 0 Å². The van der Waals surface area contributed by atoms with Crippen molar-refractivity contribution in [2.75, 3.05) is 5.32 Å². The highest BCUT2D eigenvalue weighted by Crippen LogP contribution is 2.23. The second kappa shape index (κ2) is 7.66. The molecule has 7 heteroatoms. The third-order valence-corrected chi connectivity index (χ3v) is 5.89. The summed E-state index contributed by atoms with van der Waals surface area (Å²) in [4.78, 5) is 30.3. The van der Waals surface area contributed by atoms with Crippen LogP contribution in [0.1, 0.15) is 21.5 Å². The van der Waals surface area contributed by atoms with Crippen LogP contribution in [0.5, 0.6) is 0 Å². The average molecular weight is 443 g/mol. The zero-order chi connectivity index (χ0) is 22.4. The summed E-state index contributed by atoms with van der Waals surface area (Å²) in [5, 5.41) is 7.83. The van der Waals surface area contributed by atoms with Crippen LogP contribution in [0.3, 0.4) is 0 Å². The van der Waals surface area contributed by atoms with Crippen molar-refractivity contribution in [1.82, 2.24) is 14.8 Å². The highest BCUT2D eigenvalue weighted by atomic mass is 35.5. The highest BCUT2D eigenvalue weighted by Gasteiger charge is 2.15. The predicted molar refractivity (Wildman–Crippen MR) is 128 cm³/mol. The second-order valence-electron chi connectivity index (χ2n) is 7.76. The molecule has 0 spiro atoms. The van der Waals surface area contributed by atoms with Gasteiger partial charge in [-0.3, -0.25) is 19.7 Å². The summed E-state index contributed by atoms with van der Waals surface area (Å²) >= 11 is 5.91. The van der Waals surface area contributed by atoms with Gasteiger partial charge in [0.05, 0.1) is 22.1 Å². The van der Waals surface area contributed by atoms with Crippen LogP contribution in [-0.4, -0.2) is 20.7 Å². The topological polar surface area (TPSA) is 79.8 Å². The van der Waals surface area contributed by atoms with Gasteiger partial charge in [0.2, 0.25) is 0 Å². The Bertz CT molecular complexity index is 1570. The number of fused-ring (bicyclic) bond motifs is 3. The number of carbonyl (C=O) groups is 1. The van der Waals surface area contributed by atoms with Crippen molar-refractivity contribution in [1.29, 1.82) is 0 Å². The molecule has 0 aliphatic heterocycles. The maximum absolute atomic E-state index is 13.1. The Balaban J connectivity index is 1.60. The van der Waals surface area contributed by atoms with Crippen LogP contribution in [0.25, 0.3) is 27.5 Å². The number of aryl methyl sites for hydroxylation is 2. The molecule has 2 N–H and O–H groups in total. The molecule has 0 fully saturated rings. The number of aromatic amines is 1. The number of hydrogen-bond donors (Lipinski definition) is 2. The van der Waals surface area contributed by atoms with Gasteiger partial charge in [0.25, 0.3) is 11.5 Å². The molecule has 0 saturated carbocycles. The summed E-state index contributed by atoms with van der Waals surface area (Å²) in [6.45, 7) is 4.04. The second-order valence-corrected chi connectivity index (χ2v) is 8.20. The Morgan fingerprint density at radius 1 is 0.969 bits per heavy atom. The lowest BCUT2D eigenvalue weighted by molar-refractivity contribution is 0.102. The molecule has 0 saturated heterocycles. The number of benzene rings is 3. The van der Waals surface area contributed by atoms with E-state index in [2.05, 4.69) is 15.4 Å². The van der Waals surface area contributed by atoms with E-state index in [0.717, 1.165) is 16.8 Å². The lowest BCUT2D eigenvalue weighted by atomic mass is 10.1. The Hall–Kier alpha value is -3.90. The first-order valence-corrected chi connectivity index (χ1v) is 10.5. The van der Waals surface area contributed by atoms with Crippen molar-refractivity contribution in [3.63, 3.8) is 0 Å². The Morgan fingerprint density at radius 3 is 2.50 bits per heavy atom. The number of halogens is 1. The predicted octanol–water partition coefficient (Wildman–Crippen LogP) is 5.39. The number of nitrogens with zero attached hydrogens (tertiary/aromatic N) is 2. The number of carbonyl (C=O) groups excluding carboxylic acids is 1. The van der Waals surface area contributed by atoms with Crippen molar-refractivity contribution in [3.05, 3.63) is 98.9 Å². The van der Waals surface area contributed by atoms with Crippen molar-refractivity contribution < 1.29 is 4.79 Å². The highest BCUT2D eigenvalue weighted by molar-refractivity contribution is 6.30. The lowest BCUT2D eigenvalue weighted by Gasteiger charge is -2.07. The van der Waals surface area contributed by atoms with E-state index in [1.807, 2.05) is 32.0 Å². The molecule has 0 atom stereocenters. The van der Waals surface area contributed by atoms with Crippen LogP contribution in [0.15, 0.2) is 71.7 Å². The van der Waals surface area contributed by atoms with Gasteiger partial charge in [-0.05, 0) is 79.6 Å². The van der Waals surface area contributed by atoms with E-state index in [4.69, 9.17) is 11.6 Å². The van der Waals surface area contributed by atoms with Gasteiger partial charge in [-0.15, -0.1) is 0 Å². The molecule has 0 bridgehead atoms. The Morgan fingerprint density at radius 2 is 1.75 bits per heavy atom. The van der Waals surface area contributed by atoms with Gasteiger partial charge in [-0.2, -0.15) is 0 Å². The fourth-order valence-corrected chi connectivity index (χ4v) is 3.81. The zero-order valence-corrected chi connectivity index (χ0v) is 18.2. The molecule has 2 heterocycles. The Labute approximate surface area is 188 Å². The Kier molecular flexibility index (Phi) is 4.79. The van der Waals surface area contributed by atoms with Crippen LogP contribution in [0.4, 0.5) is 5.69 Å². The van der Waals surface area contributed by atoms with Gasteiger partial charge in [0, 0.05) is 27.9 Å². The van der Waals surface area contributed by atoms with Crippen LogP contribution in [-0.2, 0) is 0 Å². The van der Waals surface area contributed by atoms with Crippen molar-refractivity contribution in [2.45, 2.75) is 13.8 Å². The summed E-state index contributed by atoms with van der Waals surface area (Å²) in [7, 11) is 0. The van der Waals surface area contributed by atoms with E-state index in [1.165, 1.54) is 4.68 Å². The van der Waals surface area contributed by atoms with E-state index in [1.54, 1.807) is 48.7 Å². The van der Waals surface area contributed by atoms with Gasteiger partial charge < -0.3 is 5.32 Å². The van der Waals surface area contributed by atoms with Gasteiger partial charge in [-0.1, -0.05) is 17.7 Å². The average Bonchev–Trinajstić information content (AvgIpc) is 3.14. The normalized spacial score (nSPS) is 11.2. The number of nitrogens with one attached hydrogen (secondary N) is 2. The smallest absolute Gasteiger partial charge is 0.280 e. The molecular weight excluding hydrogens is 424 g/mol. The van der Waals surface area contributed by atoms with E-state index in [9.17, 15) is 9.59 Å². The van der Waals surface area contributed by atoms with Crippen molar-refractivity contribution in [2.24, 2.45) is 0 Å². The fourth-order valence-electron chi connectivity index (χ4n) is 3.68. The molecule has 3 aromatic carbocycles. The van der Waals surface area contributed by atoms with Crippen molar-refractivity contribution >= 4 is 45.0 Å². The molecule has 2 aromatic heterocycles. The number of pyridine rings is 1. The van der Waals surface area contributed by atoms with Gasteiger partial charge in [0.1, 0.15) is 0 Å². The van der Waals surface area contributed by atoms with Crippen LogP contribution in [0.2, 0.25) is 5.02 Å². The molecule has 0 aliphatic carbocycles. The number of amides is 1. The molecule has 0 unspecified atom stereocenters.